The normalized spacial score (nSPS) is 17.4. The Labute approximate surface area is 105 Å². The lowest BCUT2D eigenvalue weighted by atomic mass is 10.3. The van der Waals surface area contributed by atoms with Gasteiger partial charge in [-0.1, -0.05) is 6.07 Å². The highest BCUT2D eigenvalue weighted by atomic mass is 32.1. The zero-order valence-electron chi connectivity index (χ0n) is 9.65. The first kappa shape index (κ1) is 11.0. The van der Waals surface area contributed by atoms with Gasteiger partial charge in [0.25, 0.3) is 0 Å². The van der Waals surface area contributed by atoms with Crippen molar-refractivity contribution in [2.45, 2.75) is 6.54 Å². The molecule has 2 aromatic rings. The first-order valence-electron chi connectivity index (χ1n) is 5.92. The van der Waals surface area contributed by atoms with Gasteiger partial charge in [0.05, 0.1) is 23.3 Å². The Balaban J connectivity index is 1.68. The fraction of sp³-hybridized carbons (Fsp3) is 0.417. The van der Waals surface area contributed by atoms with Crippen LogP contribution in [0.5, 0.6) is 0 Å². The van der Waals surface area contributed by atoms with Crippen LogP contribution in [0.4, 0.5) is 0 Å². The molecule has 3 heterocycles. The largest absolute Gasteiger partial charge is 0.340 e. The molecule has 0 aromatic carbocycles. The van der Waals surface area contributed by atoms with E-state index in [0.717, 1.165) is 44.2 Å². The molecule has 0 unspecified atom stereocenters. The molecule has 17 heavy (non-hydrogen) atoms. The van der Waals surface area contributed by atoms with Crippen molar-refractivity contribution in [1.82, 2.24) is 20.2 Å². The maximum absolute atomic E-state index is 4.46. The van der Waals surface area contributed by atoms with Crippen molar-refractivity contribution in [2.75, 3.05) is 26.2 Å². The van der Waals surface area contributed by atoms with E-state index in [1.165, 1.54) is 4.88 Å². The number of H-pyrrole nitrogens is 1. The number of aromatic nitrogens is 2. The first-order chi connectivity index (χ1) is 8.42. The van der Waals surface area contributed by atoms with E-state index in [0.29, 0.717) is 0 Å². The lowest BCUT2D eigenvalue weighted by Gasteiger charge is -2.26. The van der Waals surface area contributed by atoms with Crippen LogP contribution < -0.4 is 5.32 Å². The predicted octanol–water partition coefficient (Wildman–Crippen LogP) is 1.54. The van der Waals surface area contributed by atoms with Crippen LogP contribution in [0.1, 0.15) is 5.82 Å². The van der Waals surface area contributed by atoms with E-state index < -0.39 is 0 Å². The van der Waals surface area contributed by atoms with E-state index in [1.807, 2.05) is 6.20 Å². The summed E-state index contributed by atoms with van der Waals surface area (Å²) in [5, 5.41) is 5.45. The maximum Gasteiger partial charge on any atom is 0.120 e. The molecule has 0 amide bonds. The van der Waals surface area contributed by atoms with Gasteiger partial charge < -0.3 is 10.3 Å². The summed E-state index contributed by atoms with van der Waals surface area (Å²) in [6, 6.07) is 4.18. The summed E-state index contributed by atoms with van der Waals surface area (Å²) < 4.78 is 0. The Hall–Kier alpha value is -1.17. The SMILES string of the molecule is c1csc(-c2cnc(CN3CCNCC3)[nH]2)c1. The molecule has 4 nitrogen and oxygen atoms in total. The lowest BCUT2D eigenvalue weighted by molar-refractivity contribution is 0.228. The third-order valence-electron chi connectivity index (χ3n) is 3.00. The molecule has 1 saturated heterocycles. The smallest absolute Gasteiger partial charge is 0.120 e. The molecule has 0 saturated carbocycles. The van der Waals surface area contributed by atoms with Gasteiger partial charge in [-0.2, -0.15) is 0 Å². The zero-order chi connectivity index (χ0) is 11.5. The summed E-state index contributed by atoms with van der Waals surface area (Å²) >= 11 is 1.74. The number of rotatable bonds is 3. The number of nitrogens with zero attached hydrogens (tertiary/aromatic N) is 2. The second-order valence-corrected chi connectivity index (χ2v) is 5.19. The highest BCUT2D eigenvalue weighted by molar-refractivity contribution is 7.13. The highest BCUT2D eigenvalue weighted by Gasteiger charge is 2.12. The standard InChI is InChI=1S/C12H16N4S/c1-2-11(17-7-1)10-8-14-12(15-10)9-16-5-3-13-4-6-16/h1-2,7-8,13H,3-6,9H2,(H,14,15). The average molecular weight is 248 g/mol. The minimum atomic E-state index is 0.924. The van der Waals surface area contributed by atoms with Crippen LogP contribution in [0, 0.1) is 0 Å². The maximum atomic E-state index is 4.46. The molecule has 3 rings (SSSR count). The van der Waals surface area contributed by atoms with Crippen LogP contribution in [0.3, 0.4) is 0 Å². The minimum absolute atomic E-state index is 0.924. The van der Waals surface area contributed by atoms with Gasteiger partial charge in [-0.15, -0.1) is 11.3 Å². The fourth-order valence-corrected chi connectivity index (χ4v) is 2.77. The summed E-state index contributed by atoms with van der Waals surface area (Å²) in [4.78, 5) is 11.5. The van der Waals surface area contributed by atoms with E-state index in [2.05, 4.69) is 37.7 Å². The monoisotopic (exact) mass is 248 g/mol. The number of thiophene rings is 1. The summed E-state index contributed by atoms with van der Waals surface area (Å²) in [5.41, 5.74) is 1.13. The number of hydrogen-bond donors (Lipinski definition) is 2. The Morgan fingerprint density at radius 1 is 1.35 bits per heavy atom. The number of aromatic amines is 1. The van der Waals surface area contributed by atoms with Crippen LogP contribution in [0.2, 0.25) is 0 Å². The van der Waals surface area contributed by atoms with Crippen molar-refractivity contribution in [2.24, 2.45) is 0 Å². The third kappa shape index (κ3) is 2.57. The molecule has 0 aliphatic carbocycles. The molecule has 2 aromatic heterocycles. The number of imidazole rings is 1. The molecule has 1 fully saturated rings. The van der Waals surface area contributed by atoms with Crippen molar-refractivity contribution in [1.29, 1.82) is 0 Å². The van der Waals surface area contributed by atoms with Gasteiger partial charge in [-0.05, 0) is 11.4 Å². The van der Waals surface area contributed by atoms with Gasteiger partial charge in [0.1, 0.15) is 5.82 Å². The molecular formula is C12H16N4S. The molecule has 2 N–H and O–H groups in total. The van der Waals surface area contributed by atoms with Crippen molar-refractivity contribution in [3.05, 3.63) is 29.5 Å². The highest BCUT2D eigenvalue weighted by Crippen LogP contribution is 2.22. The van der Waals surface area contributed by atoms with Gasteiger partial charge >= 0.3 is 0 Å². The van der Waals surface area contributed by atoms with E-state index in [4.69, 9.17) is 0 Å². The van der Waals surface area contributed by atoms with Gasteiger partial charge in [-0.3, -0.25) is 4.90 Å². The minimum Gasteiger partial charge on any atom is -0.340 e. The number of nitrogens with one attached hydrogen (secondary N) is 2. The lowest BCUT2D eigenvalue weighted by Crippen LogP contribution is -2.43. The number of hydrogen-bond acceptors (Lipinski definition) is 4. The summed E-state index contributed by atoms with van der Waals surface area (Å²) in [5.74, 6) is 1.07. The summed E-state index contributed by atoms with van der Waals surface area (Å²) in [6.07, 6.45) is 1.93. The Morgan fingerprint density at radius 2 is 2.24 bits per heavy atom. The Kier molecular flexibility index (Phi) is 3.22. The zero-order valence-corrected chi connectivity index (χ0v) is 10.5. The molecule has 90 valence electrons. The molecule has 5 heteroatoms. The van der Waals surface area contributed by atoms with Crippen molar-refractivity contribution < 1.29 is 0 Å². The van der Waals surface area contributed by atoms with Gasteiger partial charge in [0, 0.05) is 26.2 Å². The second kappa shape index (κ2) is 5.00. The molecular weight excluding hydrogens is 232 g/mol. The predicted molar refractivity (Wildman–Crippen MR) is 70.0 cm³/mol. The van der Waals surface area contributed by atoms with Crippen LogP contribution in [-0.4, -0.2) is 41.0 Å². The van der Waals surface area contributed by atoms with Gasteiger partial charge in [0.2, 0.25) is 0 Å². The summed E-state index contributed by atoms with van der Waals surface area (Å²) in [7, 11) is 0. The van der Waals surface area contributed by atoms with Crippen LogP contribution in [0.25, 0.3) is 10.6 Å². The average Bonchev–Trinajstić information content (AvgIpc) is 3.00. The molecule has 0 atom stereocenters. The van der Waals surface area contributed by atoms with Crippen molar-refractivity contribution in [3.63, 3.8) is 0 Å². The Bertz CT molecular complexity index is 457. The molecule has 0 bridgehead atoms. The van der Waals surface area contributed by atoms with Gasteiger partial charge in [0.15, 0.2) is 0 Å². The van der Waals surface area contributed by atoms with Crippen LogP contribution in [0.15, 0.2) is 23.7 Å². The van der Waals surface area contributed by atoms with E-state index in [9.17, 15) is 0 Å². The molecule has 0 spiro atoms. The fourth-order valence-electron chi connectivity index (χ4n) is 2.08. The van der Waals surface area contributed by atoms with Crippen molar-refractivity contribution in [3.8, 4) is 10.6 Å². The molecule has 0 radical (unpaired) electrons. The third-order valence-corrected chi connectivity index (χ3v) is 3.90. The topological polar surface area (TPSA) is 44.0 Å². The quantitative estimate of drug-likeness (QED) is 0.866. The molecule has 1 aliphatic heterocycles. The first-order valence-corrected chi connectivity index (χ1v) is 6.80. The second-order valence-electron chi connectivity index (χ2n) is 4.25. The number of piperazine rings is 1. The van der Waals surface area contributed by atoms with E-state index >= 15 is 0 Å². The Morgan fingerprint density at radius 3 is 3.00 bits per heavy atom. The van der Waals surface area contributed by atoms with E-state index in [-0.39, 0.29) is 0 Å². The van der Waals surface area contributed by atoms with Gasteiger partial charge in [-0.25, -0.2) is 4.98 Å². The summed E-state index contributed by atoms with van der Waals surface area (Å²) in [6.45, 7) is 5.30. The van der Waals surface area contributed by atoms with Crippen LogP contribution in [-0.2, 0) is 6.54 Å². The van der Waals surface area contributed by atoms with Crippen molar-refractivity contribution >= 4 is 11.3 Å². The molecule has 1 aliphatic rings. The van der Waals surface area contributed by atoms with E-state index in [1.54, 1.807) is 11.3 Å². The van der Waals surface area contributed by atoms with Crippen LogP contribution >= 0.6 is 11.3 Å².